The minimum atomic E-state index is -3.74. The van der Waals surface area contributed by atoms with Crippen molar-refractivity contribution >= 4 is 38.5 Å². The number of carbonyl (C=O) groups excluding carboxylic acids is 1. The second kappa shape index (κ2) is 5.81. The van der Waals surface area contributed by atoms with Crippen molar-refractivity contribution in [2.45, 2.75) is 23.2 Å². The van der Waals surface area contributed by atoms with Crippen LogP contribution in [-0.4, -0.2) is 14.3 Å². The van der Waals surface area contributed by atoms with E-state index in [1.807, 2.05) is 6.07 Å². The van der Waals surface area contributed by atoms with Crippen LogP contribution < -0.4 is 4.72 Å². The molecule has 0 fully saturated rings. The lowest BCUT2D eigenvalue weighted by atomic mass is 10.2. The first-order valence-electron chi connectivity index (χ1n) is 5.08. The summed E-state index contributed by atoms with van der Waals surface area (Å²) in [5.74, 6) is -0.859. The third kappa shape index (κ3) is 3.95. The third-order valence-electron chi connectivity index (χ3n) is 2.12. The van der Waals surface area contributed by atoms with Gasteiger partial charge in [-0.3, -0.25) is 4.79 Å². The lowest BCUT2D eigenvalue weighted by Gasteiger charge is -2.09. The molecule has 94 valence electrons. The first-order valence-corrected chi connectivity index (χ1v) is 8.09. The smallest absolute Gasteiger partial charge is 0.264 e. The van der Waals surface area contributed by atoms with E-state index in [0.717, 1.165) is 9.99 Å². The summed E-state index contributed by atoms with van der Waals surface area (Å²) in [6, 6.07) is 6.56. The van der Waals surface area contributed by atoms with Crippen LogP contribution in [0.15, 0.2) is 29.2 Å². The quantitative estimate of drug-likeness (QED) is 0.655. The Balaban J connectivity index is 3.01. The van der Waals surface area contributed by atoms with E-state index in [2.05, 4.69) is 27.3 Å². The summed E-state index contributed by atoms with van der Waals surface area (Å²) in [6.45, 7) is 3.29. The molecule has 0 aliphatic heterocycles. The summed E-state index contributed by atoms with van der Waals surface area (Å²) in [5, 5.41) is 0. The van der Waals surface area contributed by atoms with Crippen LogP contribution in [0.25, 0.3) is 0 Å². The van der Waals surface area contributed by atoms with Gasteiger partial charge in [-0.25, -0.2) is 13.1 Å². The van der Waals surface area contributed by atoms with Crippen molar-refractivity contribution < 1.29 is 13.2 Å². The first-order chi connectivity index (χ1) is 7.86. The van der Waals surface area contributed by atoms with Crippen molar-refractivity contribution in [1.29, 1.82) is 0 Å². The number of amides is 1. The molecular formula is C11H14INO3S. The summed E-state index contributed by atoms with van der Waals surface area (Å²) < 4.78 is 26.5. The monoisotopic (exact) mass is 367 g/mol. The van der Waals surface area contributed by atoms with Crippen molar-refractivity contribution in [2.75, 3.05) is 0 Å². The lowest BCUT2D eigenvalue weighted by Crippen LogP contribution is -2.33. The summed E-state index contributed by atoms with van der Waals surface area (Å²) in [5.41, 5.74) is 0.908. The summed E-state index contributed by atoms with van der Waals surface area (Å²) in [7, 11) is -3.74. The molecule has 0 aromatic heterocycles. The van der Waals surface area contributed by atoms with Gasteiger partial charge in [-0.2, -0.15) is 0 Å². The van der Waals surface area contributed by atoms with E-state index in [1.165, 1.54) is 6.07 Å². The first kappa shape index (κ1) is 14.4. The highest BCUT2D eigenvalue weighted by atomic mass is 127. The van der Waals surface area contributed by atoms with Crippen LogP contribution in [0.1, 0.15) is 19.4 Å². The van der Waals surface area contributed by atoms with Gasteiger partial charge in [-0.15, -0.1) is 0 Å². The Kier molecular flexibility index (Phi) is 4.93. The van der Waals surface area contributed by atoms with Gasteiger partial charge in [0.05, 0.1) is 4.90 Å². The van der Waals surface area contributed by atoms with Gasteiger partial charge in [0.15, 0.2) is 0 Å². The Hall–Kier alpha value is -0.630. The molecule has 0 spiro atoms. The van der Waals surface area contributed by atoms with Gasteiger partial charge in [0.2, 0.25) is 5.91 Å². The number of rotatable bonds is 4. The molecule has 1 aromatic rings. The maximum absolute atomic E-state index is 11.9. The van der Waals surface area contributed by atoms with Crippen molar-refractivity contribution in [2.24, 2.45) is 5.92 Å². The zero-order valence-electron chi connectivity index (χ0n) is 9.60. The molecule has 0 saturated heterocycles. The standard InChI is InChI=1S/C11H14INO3S/c1-8(2)11(14)13-17(15,16)10-5-3-4-9(6-10)7-12/h3-6,8H,7H2,1-2H3,(H,13,14). The number of hydrogen-bond acceptors (Lipinski definition) is 3. The predicted octanol–water partition coefficient (Wildman–Crippen LogP) is 2.08. The fourth-order valence-electron chi connectivity index (χ4n) is 1.10. The van der Waals surface area contributed by atoms with Crippen molar-refractivity contribution in [1.82, 2.24) is 4.72 Å². The van der Waals surface area contributed by atoms with Crippen molar-refractivity contribution in [3.63, 3.8) is 0 Å². The molecule has 0 aliphatic rings. The molecule has 0 heterocycles. The number of nitrogens with one attached hydrogen (secondary N) is 1. The predicted molar refractivity (Wildman–Crippen MR) is 74.3 cm³/mol. The third-order valence-corrected chi connectivity index (χ3v) is 4.35. The number of halogens is 1. The summed E-state index contributed by atoms with van der Waals surface area (Å²) in [4.78, 5) is 11.5. The maximum Gasteiger partial charge on any atom is 0.264 e. The average molecular weight is 367 g/mol. The molecule has 1 rings (SSSR count). The van der Waals surface area contributed by atoms with Crippen LogP contribution in [0, 0.1) is 5.92 Å². The van der Waals surface area contributed by atoms with Crippen LogP contribution in [0.2, 0.25) is 0 Å². The topological polar surface area (TPSA) is 63.2 Å². The zero-order valence-corrected chi connectivity index (χ0v) is 12.6. The Bertz CT molecular complexity index is 511. The molecule has 0 atom stereocenters. The molecule has 17 heavy (non-hydrogen) atoms. The minimum Gasteiger partial charge on any atom is -0.274 e. The van der Waals surface area contributed by atoms with Gasteiger partial charge in [0.1, 0.15) is 0 Å². The SMILES string of the molecule is CC(C)C(=O)NS(=O)(=O)c1cccc(CI)c1. The van der Waals surface area contributed by atoms with Gasteiger partial charge < -0.3 is 0 Å². The van der Waals surface area contributed by atoms with Gasteiger partial charge in [0, 0.05) is 10.3 Å². The molecule has 1 N–H and O–H groups in total. The Morgan fingerprint density at radius 1 is 1.41 bits per heavy atom. The van der Waals surface area contributed by atoms with Crippen molar-refractivity contribution in [3.8, 4) is 0 Å². The van der Waals surface area contributed by atoms with E-state index in [4.69, 9.17) is 0 Å². The molecule has 1 amide bonds. The highest BCUT2D eigenvalue weighted by Gasteiger charge is 2.19. The zero-order chi connectivity index (χ0) is 13.1. The van der Waals surface area contributed by atoms with Crippen LogP contribution in [0.3, 0.4) is 0 Å². The fourth-order valence-corrected chi connectivity index (χ4v) is 2.76. The molecule has 0 bridgehead atoms. The number of alkyl halides is 1. The number of sulfonamides is 1. The molecule has 4 nitrogen and oxygen atoms in total. The number of carbonyl (C=O) groups is 1. The average Bonchev–Trinajstić information content (AvgIpc) is 2.28. The lowest BCUT2D eigenvalue weighted by molar-refractivity contribution is -0.122. The normalized spacial score (nSPS) is 11.5. The van der Waals surface area contributed by atoms with E-state index in [1.54, 1.807) is 26.0 Å². The van der Waals surface area contributed by atoms with E-state index in [9.17, 15) is 13.2 Å². The second-order valence-electron chi connectivity index (χ2n) is 3.91. The number of benzene rings is 1. The molecule has 0 unspecified atom stereocenters. The highest BCUT2D eigenvalue weighted by Crippen LogP contribution is 2.14. The second-order valence-corrected chi connectivity index (χ2v) is 6.35. The molecule has 0 saturated carbocycles. The highest BCUT2D eigenvalue weighted by molar-refractivity contribution is 14.1. The Morgan fingerprint density at radius 2 is 2.06 bits per heavy atom. The molecular weight excluding hydrogens is 353 g/mol. The molecule has 0 radical (unpaired) electrons. The van der Waals surface area contributed by atoms with Crippen LogP contribution in [-0.2, 0) is 19.2 Å². The number of hydrogen-bond donors (Lipinski definition) is 1. The van der Waals surface area contributed by atoms with Gasteiger partial charge in [0.25, 0.3) is 10.0 Å². The van der Waals surface area contributed by atoms with E-state index in [-0.39, 0.29) is 10.8 Å². The Morgan fingerprint density at radius 3 is 2.59 bits per heavy atom. The van der Waals surface area contributed by atoms with Crippen LogP contribution in [0.5, 0.6) is 0 Å². The summed E-state index contributed by atoms with van der Waals surface area (Å²) >= 11 is 2.15. The summed E-state index contributed by atoms with van der Waals surface area (Å²) in [6.07, 6.45) is 0. The largest absolute Gasteiger partial charge is 0.274 e. The van der Waals surface area contributed by atoms with E-state index >= 15 is 0 Å². The van der Waals surface area contributed by atoms with Crippen LogP contribution in [0.4, 0.5) is 0 Å². The van der Waals surface area contributed by atoms with Crippen molar-refractivity contribution in [3.05, 3.63) is 29.8 Å². The van der Waals surface area contributed by atoms with Gasteiger partial charge in [-0.1, -0.05) is 48.6 Å². The van der Waals surface area contributed by atoms with E-state index < -0.39 is 15.9 Å². The molecule has 6 heteroatoms. The van der Waals surface area contributed by atoms with Gasteiger partial charge in [-0.05, 0) is 17.7 Å². The Labute approximate surface area is 115 Å². The fraction of sp³-hybridized carbons (Fsp3) is 0.364. The van der Waals surface area contributed by atoms with E-state index in [0.29, 0.717) is 0 Å². The molecule has 1 aromatic carbocycles. The van der Waals surface area contributed by atoms with Gasteiger partial charge >= 0.3 is 0 Å². The van der Waals surface area contributed by atoms with Crippen LogP contribution >= 0.6 is 22.6 Å². The minimum absolute atomic E-state index is 0.126. The maximum atomic E-state index is 11.9. The molecule has 0 aliphatic carbocycles.